The molecule has 0 aliphatic rings. The Hall–Kier alpha value is -1.85. The van der Waals surface area contributed by atoms with Crippen molar-refractivity contribution in [3.63, 3.8) is 0 Å². The third-order valence-corrected chi connectivity index (χ3v) is 3.38. The first kappa shape index (κ1) is 17.2. The summed E-state index contributed by atoms with van der Waals surface area (Å²) in [6, 6.07) is -0.00123. The molecule has 0 aliphatic carbocycles. The van der Waals surface area contributed by atoms with Crippen molar-refractivity contribution in [3.8, 4) is 0 Å². The lowest BCUT2D eigenvalue weighted by Gasteiger charge is -2.31. The molecule has 0 saturated carbocycles. The van der Waals surface area contributed by atoms with E-state index in [2.05, 4.69) is 31.1 Å². The van der Waals surface area contributed by atoms with E-state index in [0.29, 0.717) is 25.8 Å². The fourth-order valence-electron chi connectivity index (χ4n) is 1.97. The number of imidazole rings is 1. The van der Waals surface area contributed by atoms with E-state index in [0.717, 1.165) is 0 Å². The molecule has 6 nitrogen and oxygen atoms in total. The smallest absolute Gasteiger partial charge is 0.303 e. The molecule has 0 radical (unpaired) electrons. The van der Waals surface area contributed by atoms with Gasteiger partial charge in [0.15, 0.2) is 0 Å². The highest BCUT2D eigenvalue weighted by atomic mass is 16.4. The first-order chi connectivity index (χ1) is 9.79. The van der Waals surface area contributed by atoms with Crippen LogP contribution in [0.4, 0.5) is 0 Å². The van der Waals surface area contributed by atoms with Gasteiger partial charge in [0.05, 0.1) is 12.4 Å². The number of carboxylic acid groups (broad SMARTS) is 1. The van der Waals surface area contributed by atoms with Crippen LogP contribution in [0, 0.1) is 5.41 Å². The minimum Gasteiger partial charge on any atom is -0.481 e. The van der Waals surface area contributed by atoms with Gasteiger partial charge >= 0.3 is 5.97 Å². The Morgan fingerprint density at radius 1 is 1.29 bits per heavy atom. The lowest BCUT2D eigenvalue weighted by Crippen LogP contribution is -2.46. The molecule has 1 amide bonds. The van der Waals surface area contributed by atoms with E-state index in [1.165, 1.54) is 0 Å². The maximum absolute atomic E-state index is 12.0. The molecule has 1 unspecified atom stereocenters. The SMILES string of the molecule is CC(C)(C)C(Cn1ccnc1)NC(=O)CCCCC(=O)O. The third-order valence-electron chi connectivity index (χ3n) is 3.38. The van der Waals surface area contributed by atoms with E-state index in [1.807, 2.05) is 10.8 Å². The summed E-state index contributed by atoms with van der Waals surface area (Å²) in [5.41, 5.74) is -0.0685. The van der Waals surface area contributed by atoms with Gasteiger partial charge in [0, 0.05) is 31.8 Å². The number of unbranched alkanes of at least 4 members (excludes halogenated alkanes) is 1. The van der Waals surface area contributed by atoms with Crippen LogP contribution in [0.1, 0.15) is 46.5 Å². The van der Waals surface area contributed by atoms with Crippen LogP contribution < -0.4 is 5.32 Å². The summed E-state index contributed by atoms with van der Waals surface area (Å²) < 4.78 is 1.95. The average Bonchev–Trinajstić information content (AvgIpc) is 2.85. The van der Waals surface area contributed by atoms with Gasteiger partial charge in [-0.15, -0.1) is 0 Å². The monoisotopic (exact) mass is 295 g/mol. The summed E-state index contributed by atoms with van der Waals surface area (Å²) in [6.45, 7) is 6.92. The van der Waals surface area contributed by atoms with E-state index < -0.39 is 5.97 Å². The maximum atomic E-state index is 12.0. The second-order valence-electron chi connectivity index (χ2n) is 6.35. The summed E-state index contributed by atoms with van der Waals surface area (Å²) in [5, 5.41) is 11.6. The van der Waals surface area contributed by atoms with Crippen molar-refractivity contribution in [2.75, 3.05) is 0 Å². The molecule has 6 heteroatoms. The summed E-state index contributed by atoms with van der Waals surface area (Å²) >= 11 is 0. The molecule has 0 saturated heterocycles. The van der Waals surface area contributed by atoms with Gasteiger partial charge in [-0.05, 0) is 18.3 Å². The van der Waals surface area contributed by atoms with Gasteiger partial charge in [-0.1, -0.05) is 20.8 Å². The van der Waals surface area contributed by atoms with Gasteiger partial charge in [0.25, 0.3) is 0 Å². The first-order valence-electron chi connectivity index (χ1n) is 7.26. The Balaban J connectivity index is 2.45. The van der Waals surface area contributed by atoms with Crippen LogP contribution in [0.2, 0.25) is 0 Å². The molecular weight excluding hydrogens is 270 g/mol. The number of rotatable bonds is 8. The molecule has 1 heterocycles. The number of aromatic nitrogens is 2. The molecule has 1 aromatic rings. The summed E-state index contributed by atoms with van der Waals surface area (Å²) in [4.78, 5) is 26.4. The van der Waals surface area contributed by atoms with Crippen LogP contribution in [0.3, 0.4) is 0 Å². The zero-order valence-electron chi connectivity index (χ0n) is 13.0. The van der Waals surface area contributed by atoms with Crippen molar-refractivity contribution in [2.24, 2.45) is 5.41 Å². The highest BCUT2D eigenvalue weighted by molar-refractivity contribution is 5.76. The predicted molar refractivity (Wildman–Crippen MR) is 79.7 cm³/mol. The molecule has 1 aromatic heterocycles. The normalized spacial score (nSPS) is 12.9. The maximum Gasteiger partial charge on any atom is 0.303 e. The van der Waals surface area contributed by atoms with Gasteiger partial charge in [-0.3, -0.25) is 9.59 Å². The molecule has 0 bridgehead atoms. The number of carbonyl (C=O) groups is 2. The highest BCUT2D eigenvalue weighted by Gasteiger charge is 2.26. The fourth-order valence-corrected chi connectivity index (χ4v) is 1.97. The molecule has 0 aliphatic heterocycles. The molecule has 0 fully saturated rings. The lowest BCUT2D eigenvalue weighted by atomic mass is 9.86. The van der Waals surface area contributed by atoms with Crippen molar-refractivity contribution < 1.29 is 14.7 Å². The number of hydrogen-bond acceptors (Lipinski definition) is 3. The zero-order chi connectivity index (χ0) is 15.9. The Kier molecular flexibility index (Phi) is 6.39. The van der Waals surface area contributed by atoms with E-state index in [4.69, 9.17) is 5.11 Å². The van der Waals surface area contributed by atoms with Crippen molar-refractivity contribution in [2.45, 2.75) is 59.0 Å². The number of amides is 1. The summed E-state index contributed by atoms with van der Waals surface area (Å²) in [7, 11) is 0. The van der Waals surface area contributed by atoms with Crippen LogP contribution in [0.25, 0.3) is 0 Å². The van der Waals surface area contributed by atoms with E-state index >= 15 is 0 Å². The summed E-state index contributed by atoms with van der Waals surface area (Å²) in [6.07, 6.45) is 6.93. The largest absolute Gasteiger partial charge is 0.481 e. The molecule has 1 atom stereocenters. The molecular formula is C15H25N3O3. The first-order valence-corrected chi connectivity index (χ1v) is 7.26. The molecule has 118 valence electrons. The molecule has 0 aromatic carbocycles. The van der Waals surface area contributed by atoms with E-state index in [9.17, 15) is 9.59 Å². The van der Waals surface area contributed by atoms with Gasteiger partial charge in [0.2, 0.25) is 5.91 Å². The van der Waals surface area contributed by atoms with Crippen LogP contribution in [0.5, 0.6) is 0 Å². The zero-order valence-corrected chi connectivity index (χ0v) is 13.0. The van der Waals surface area contributed by atoms with Crippen LogP contribution in [-0.2, 0) is 16.1 Å². The Bertz CT molecular complexity index is 449. The van der Waals surface area contributed by atoms with E-state index in [1.54, 1.807) is 12.5 Å². The van der Waals surface area contributed by atoms with Gasteiger partial charge in [-0.25, -0.2) is 4.98 Å². The Morgan fingerprint density at radius 2 is 1.95 bits per heavy atom. The van der Waals surface area contributed by atoms with Crippen LogP contribution in [0.15, 0.2) is 18.7 Å². The third kappa shape index (κ3) is 6.92. The van der Waals surface area contributed by atoms with Crippen molar-refractivity contribution in [3.05, 3.63) is 18.7 Å². The van der Waals surface area contributed by atoms with Crippen molar-refractivity contribution in [1.29, 1.82) is 0 Å². The Morgan fingerprint density at radius 3 is 2.48 bits per heavy atom. The van der Waals surface area contributed by atoms with Gasteiger partial charge in [0.1, 0.15) is 0 Å². The number of nitrogens with zero attached hydrogens (tertiary/aromatic N) is 2. The van der Waals surface area contributed by atoms with Crippen LogP contribution in [-0.4, -0.2) is 32.6 Å². The van der Waals surface area contributed by atoms with Gasteiger partial charge < -0.3 is 15.0 Å². The predicted octanol–water partition coefficient (Wildman–Crippen LogP) is 2.06. The number of carbonyl (C=O) groups excluding carboxylic acids is 1. The molecule has 2 N–H and O–H groups in total. The van der Waals surface area contributed by atoms with E-state index in [-0.39, 0.29) is 23.8 Å². The number of hydrogen-bond donors (Lipinski definition) is 2. The van der Waals surface area contributed by atoms with Crippen molar-refractivity contribution in [1.82, 2.24) is 14.9 Å². The quantitative estimate of drug-likeness (QED) is 0.719. The van der Waals surface area contributed by atoms with Crippen molar-refractivity contribution >= 4 is 11.9 Å². The molecule has 21 heavy (non-hydrogen) atoms. The average molecular weight is 295 g/mol. The lowest BCUT2D eigenvalue weighted by molar-refractivity contribution is -0.137. The minimum atomic E-state index is -0.817. The number of carboxylic acids is 1. The standard InChI is InChI=1S/C15H25N3O3/c1-15(2,3)12(10-18-9-8-16-11-18)17-13(19)6-4-5-7-14(20)21/h8-9,11-12H,4-7,10H2,1-3H3,(H,17,19)(H,20,21). The topological polar surface area (TPSA) is 84.2 Å². The highest BCUT2D eigenvalue weighted by Crippen LogP contribution is 2.21. The molecule has 1 rings (SSSR count). The second-order valence-corrected chi connectivity index (χ2v) is 6.35. The second kappa shape index (κ2) is 7.81. The van der Waals surface area contributed by atoms with Gasteiger partial charge in [-0.2, -0.15) is 0 Å². The summed E-state index contributed by atoms with van der Waals surface area (Å²) in [5.74, 6) is -0.844. The van der Waals surface area contributed by atoms with Crippen LogP contribution >= 0.6 is 0 Å². The fraction of sp³-hybridized carbons (Fsp3) is 0.667. The Labute approximate surface area is 125 Å². The number of nitrogens with one attached hydrogen (secondary N) is 1. The number of aliphatic carboxylic acids is 1. The molecule has 0 spiro atoms. The minimum absolute atomic E-state index is 0.00123.